The van der Waals surface area contributed by atoms with Crippen LogP contribution >= 0.6 is 23.2 Å². The largest absolute Gasteiger partial charge is 0.507 e. The van der Waals surface area contributed by atoms with Crippen molar-refractivity contribution in [2.24, 2.45) is 0 Å². The van der Waals surface area contributed by atoms with E-state index in [1.807, 2.05) is 6.92 Å². The summed E-state index contributed by atoms with van der Waals surface area (Å²) in [7, 11) is 0. The Balaban J connectivity index is 2.22. The molecule has 0 spiro atoms. The summed E-state index contributed by atoms with van der Waals surface area (Å²) in [4.78, 5) is 26.8. The number of likely N-dealkylation sites (tertiary alicyclic amines) is 1. The van der Waals surface area contributed by atoms with Crippen molar-refractivity contribution in [2.75, 3.05) is 6.54 Å². The summed E-state index contributed by atoms with van der Waals surface area (Å²) in [5, 5.41) is 11.5. The SMILES string of the molecule is CCCN1C(=O)C(=O)/C(=C(\O)c2ccc(F)c(C)c2)C1c1ccc(Cl)c(Cl)c1. The van der Waals surface area contributed by atoms with Crippen LogP contribution in [0.4, 0.5) is 4.39 Å². The second-order valence-corrected chi connectivity index (χ2v) is 7.44. The molecule has 3 rings (SSSR count). The van der Waals surface area contributed by atoms with Crippen LogP contribution < -0.4 is 0 Å². The van der Waals surface area contributed by atoms with E-state index in [1.165, 1.54) is 23.1 Å². The number of aryl methyl sites for hydroxylation is 1. The minimum Gasteiger partial charge on any atom is -0.507 e. The van der Waals surface area contributed by atoms with E-state index < -0.39 is 23.5 Å². The number of benzene rings is 2. The molecule has 0 aromatic heterocycles. The highest BCUT2D eigenvalue weighted by Gasteiger charge is 2.45. The molecule has 1 aliphatic rings. The van der Waals surface area contributed by atoms with Crippen molar-refractivity contribution in [2.45, 2.75) is 26.3 Å². The molecule has 146 valence electrons. The van der Waals surface area contributed by atoms with Crippen LogP contribution in [0, 0.1) is 12.7 Å². The molecule has 2 aromatic carbocycles. The molecule has 1 fully saturated rings. The van der Waals surface area contributed by atoms with Gasteiger partial charge in [-0.1, -0.05) is 36.2 Å². The molecule has 1 N–H and O–H groups in total. The van der Waals surface area contributed by atoms with Gasteiger partial charge in [0.05, 0.1) is 21.7 Å². The van der Waals surface area contributed by atoms with Gasteiger partial charge >= 0.3 is 0 Å². The van der Waals surface area contributed by atoms with Crippen molar-refractivity contribution in [1.29, 1.82) is 0 Å². The molecular formula is C21H18Cl2FNO3. The Morgan fingerprint density at radius 3 is 2.46 bits per heavy atom. The first-order valence-corrected chi connectivity index (χ1v) is 9.51. The lowest BCUT2D eigenvalue weighted by Gasteiger charge is -2.25. The van der Waals surface area contributed by atoms with Gasteiger partial charge in [-0.3, -0.25) is 9.59 Å². The fraction of sp³-hybridized carbons (Fsp3) is 0.238. The summed E-state index contributed by atoms with van der Waals surface area (Å²) in [5.41, 5.74) is 1.08. The summed E-state index contributed by atoms with van der Waals surface area (Å²) in [6.07, 6.45) is 0.626. The van der Waals surface area contributed by atoms with E-state index in [0.717, 1.165) is 0 Å². The lowest BCUT2D eigenvalue weighted by atomic mass is 9.95. The quantitative estimate of drug-likeness (QED) is 0.415. The number of rotatable bonds is 4. The maximum absolute atomic E-state index is 13.6. The maximum atomic E-state index is 13.6. The van der Waals surface area contributed by atoms with E-state index in [9.17, 15) is 19.1 Å². The highest BCUT2D eigenvalue weighted by molar-refractivity contribution is 6.46. The van der Waals surface area contributed by atoms with Gasteiger partial charge in [0.1, 0.15) is 11.6 Å². The van der Waals surface area contributed by atoms with Crippen LogP contribution in [0.5, 0.6) is 0 Å². The highest BCUT2D eigenvalue weighted by atomic mass is 35.5. The summed E-state index contributed by atoms with van der Waals surface area (Å²) in [6.45, 7) is 3.77. The number of hydrogen-bond donors (Lipinski definition) is 1. The molecule has 1 amide bonds. The Hall–Kier alpha value is -2.37. The highest BCUT2D eigenvalue weighted by Crippen LogP contribution is 2.41. The Morgan fingerprint density at radius 1 is 1.14 bits per heavy atom. The third-order valence-corrected chi connectivity index (χ3v) is 5.43. The van der Waals surface area contributed by atoms with E-state index in [0.29, 0.717) is 29.1 Å². The van der Waals surface area contributed by atoms with Crippen molar-refractivity contribution in [3.05, 3.63) is 74.5 Å². The Morgan fingerprint density at radius 2 is 1.86 bits per heavy atom. The van der Waals surface area contributed by atoms with Crippen LogP contribution in [0.2, 0.25) is 10.0 Å². The summed E-state index contributed by atoms with van der Waals surface area (Å²) < 4.78 is 13.6. The third kappa shape index (κ3) is 3.52. The average molecular weight is 422 g/mol. The molecule has 7 heteroatoms. The minimum atomic E-state index is -0.805. The van der Waals surface area contributed by atoms with Crippen molar-refractivity contribution >= 4 is 40.7 Å². The van der Waals surface area contributed by atoms with Gasteiger partial charge in [-0.2, -0.15) is 0 Å². The Bertz CT molecular complexity index is 1000. The topological polar surface area (TPSA) is 57.6 Å². The van der Waals surface area contributed by atoms with E-state index >= 15 is 0 Å². The second kappa shape index (κ2) is 7.94. The first-order valence-electron chi connectivity index (χ1n) is 8.76. The van der Waals surface area contributed by atoms with Crippen LogP contribution in [0.15, 0.2) is 42.0 Å². The van der Waals surface area contributed by atoms with Gasteiger partial charge in [-0.05, 0) is 54.8 Å². The number of amides is 1. The molecule has 4 nitrogen and oxygen atoms in total. The zero-order chi connectivity index (χ0) is 20.6. The number of ketones is 1. The zero-order valence-electron chi connectivity index (χ0n) is 15.3. The van der Waals surface area contributed by atoms with Gasteiger partial charge in [-0.25, -0.2) is 4.39 Å². The molecule has 1 heterocycles. The molecule has 28 heavy (non-hydrogen) atoms. The molecule has 1 saturated heterocycles. The van der Waals surface area contributed by atoms with Crippen molar-refractivity contribution < 1.29 is 19.1 Å². The molecule has 1 aliphatic heterocycles. The van der Waals surface area contributed by atoms with Gasteiger partial charge in [0.25, 0.3) is 11.7 Å². The van der Waals surface area contributed by atoms with Crippen LogP contribution in [0.1, 0.15) is 36.1 Å². The predicted molar refractivity (Wildman–Crippen MR) is 107 cm³/mol. The van der Waals surface area contributed by atoms with E-state index in [2.05, 4.69) is 0 Å². The molecule has 0 radical (unpaired) electrons. The number of halogens is 3. The number of aliphatic hydroxyl groups is 1. The van der Waals surface area contributed by atoms with Crippen molar-refractivity contribution in [1.82, 2.24) is 4.90 Å². The van der Waals surface area contributed by atoms with E-state index in [1.54, 1.807) is 25.1 Å². The van der Waals surface area contributed by atoms with Crippen molar-refractivity contribution in [3.8, 4) is 0 Å². The van der Waals surface area contributed by atoms with Crippen LogP contribution in [-0.4, -0.2) is 28.2 Å². The molecule has 0 aliphatic carbocycles. The smallest absolute Gasteiger partial charge is 0.295 e. The van der Waals surface area contributed by atoms with E-state index in [-0.39, 0.29) is 21.9 Å². The van der Waals surface area contributed by atoms with Crippen LogP contribution in [0.25, 0.3) is 5.76 Å². The standard InChI is InChI=1S/C21H18Cl2FNO3/c1-3-8-25-18(12-4-6-14(22)15(23)10-12)17(20(27)21(25)28)19(26)13-5-7-16(24)11(2)9-13/h4-7,9-10,18,26H,3,8H2,1-2H3/b19-17-. The van der Waals surface area contributed by atoms with E-state index in [4.69, 9.17) is 23.2 Å². The fourth-order valence-electron chi connectivity index (χ4n) is 3.33. The van der Waals surface area contributed by atoms with Gasteiger partial charge in [-0.15, -0.1) is 0 Å². The Labute approximate surface area is 172 Å². The van der Waals surface area contributed by atoms with Gasteiger partial charge in [0, 0.05) is 12.1 Å². The zero-order valence-corrected chi connectivity index (χ0v) is 16.8. The molecule has 0 bridgehead atoms. The number of aliphatic hydroxyl groups excluding tert-OH is 1. The van der Waals surface area contributed by atoms with Crippen LogP contribution in [-0.2, 0) is 9.59 Å². The van der Waals surface area contributed by atoms with Gasteiger partial charge < -0.3 is 10.0 Å². The first-order chi connectivity index (χ1) is 13.3. The molecule has 1 atom stereocenters. The number of hydrogen-bond acceptors (Lipinski definition) is 3. The van der Waals surface area contributed by atoms with Crippen LogP contribution in [0.3, 0.4) is 0 Å². The van der Waals surface area contributed by atoms with Gasteiger partial charge in [0.15, 0.2) is 0 Å². The molecule has 2 aromatic rings. The minimum absolute atomic E-state index is 0.0529. The number of carbonyl (C=O) groups is 2. The number of nitrogens with zero attached hydrogens (tertiary/aromatic N) is 1. The normalized spacial score (nSPS) is 18.8. The number of Topliss-reactive ketones (excluding diaryl/α,β-unsaturated/α-hetero) is 1. The second-order valence-electron chi connectivity index (χ2n) is 6.63. The monoisotopic (exact) mass is 421 g/mol. The summed E-state index contributed by atoms with van der Waals surface area (Å²) in [6, 6.07) is 8.03. The third-order valence-electron chi connectivity index (χ3n) is 4.70. The maximum Gasteiger partial charge on any atom is 0.295 e. The molecule has 0 saturated carbocycles. The Kier molecular flexibility index (Phi) is 5.77. The van der Waals surface area contributed by atoms with Gasteiger partial charge in [0.2, 0.25) is 0 Å². The fourth-order valence-corrected chi connectivity index (χ4v) is 3.63. The predicted octanol–water partition coefficient (Wildman–Crippen LogP) is 5.27. The summed E-state index contributed by atoms with van der Waals surface area (Å²) in [5.74, 6) is -2.26. The first kappa shape index (κ1) is 20.4. The lowest BCUT2D eigenvalue weighted by Crippen LogP contribution is -2.30. The molecule has 1 unspecified atom stereocenters. The lowest BCUT2D eigenvalue weighted by molar-refractivity contribution is -0.139. The van der Waals surface area contributed by atoms with Crippen molar-refractivity contribution in [3.63, 3.8) is 0 Å². The number of carbonyl (C=O) groups excluding carboxylic acids is 2. The molecular weight excluding hydrogens is 404 g/mol. The average Bonchev–Trinajstić information content (AvgIpc) is 2.91. The summed E-state index contributed by atoms with van der Waals surface area (Å²) >= 11 is 12.1.